The number of aromatic nitrogens is 2. The Labute approximate surface area is 86.3 Å². The standard InChI is InChI=1S/C9H14F3N3/c1-6(2)15-5-7(4-13-3)14-8(15)9(10,11)12/h5-6,13H,4H2,1-3H3. The molecule has 0 aliphatic rings. The summed E-state index contributed by atoms with van der Waals surface area (Å²) >= 11 is 0. The number of halogens is 3. The molecule has 0 aromatic carbocycles. The highest BCUT2D eigenvalue weighted by Gasteiger charge is 2.37. The lowest BCUT2D eigenvalue weighted by molar-refractivity contribution is -0.147. The molecule has 6 heteroatoms. The van der Waals surface area contributed by atoms with Crippen LogP contribution in [0.2, 0.25) is 0 Å². The molecule has 0 aliphatic heterocycles. The van der Waals surface area contributed by atoms with Crippen LogP contribution in [-0.2, 0) is 12.7 Å². The van der Waals surface area contributed by atoms with Gasteiger partial charge in [0, 0.05) is 18.8 Å². The van der Waals surface area contributed by atoms with E-state index >= 15 is 0 Å². The Hall–Kier alpha value is -1.04. The summed E-state index contributed by atoms with van der Waals surface area (Å²) in [4.78, 5) is 3.57. The smallest absolute Gasteiger partial charge is 0.325 e. The summed E-state index contributed by atoms with van der Waals surface area (Å²) in [5, 5.41) is 2.77. The van der Waals surface area contributed by atoms with E-state index in [9.17, 15) is 13.2 Å². The van der Waals surface area contributed by atoms with E-state index in [1.807, 2.05) is 0 Å². The molecule has 1 N–H and O–H groups in total. The van der Waals surface area contributed by atoms with Gasteiger partial charge in [0.05, 0.1) is 5.69 Å². The van der Waals surface area contributed by atoms with Crippen LogP contribution in [0.4, 0.5) is 13.2 Å². The van der Waals surface area contributed by atoms with Gasteiger partial charge in [-0.25, -0.2) is 4.98 Å². The number of hydrogen-bond acceptors (Lipinski definition) is 2. The molecule has 0 radical (unpaired) electrons. The summed E-state index contributed by atoms with van der Waals surface area (Å²) in [5.41, 5.74) is 0.401. The quantitative estimate of drug-likeness (QED) is 0.848. The van der Waals surface area contributed by atoms with Gasteiger partial charge in [-0.2, -0.15) is 13.2 Å². The van der Waals surface area contributed by atoms with Crippen LogP contribution in [0.1, 0.15) is 31.4 Å². The molecule has 86 valence electrons. The minimum absolute atomic E-state index is 0.250. The Morgan fingerprint density at radius 1 is 1.47 bits per heavy atom. The number of nitrogens with zero attached hydrogens (tertiary/aromatic N) is 2. The summed E-state index contributed by atoms with van der Waals surface area (Å²) in [6, 6.07) is -0.250. The van der Waals surface area contributed by atoms with Gasteiger partial charge >= 0.3 is 6.18 Å². The average molecular weight is 221 g/mol. The molecule has 0 fully saturated rings. The van der Waals surface area contributed by atoms with E-state index in [-0.39, 0.29) is 6.04 Å². The second kappa shape index (κ2) is 4.22. The lowest BCUT2D eigenvalue weighted by atomic mass is 10.4. The fraction of sp³-hybridized carbons (Fsp3) is 0.667. The Balaban J connectivity index is 3.12. The van der Waals surface area contributed by atoms with Crippen molar-refractivity contribution in [3.8, 4) is 0 Å². The van der Waals surface area contributed by atoms with Crippen molar-refractivity contribution >= 4 is 0 Å². The highest BCUT2D eigenvalue weighted by Crippen LogP contribution is 2.30. The summed E-state index contributed by atoms with van der Waals surface area (Å²) in [7, 11) is 1.67. The maximum Gasteiger partial charge on any atom is 0.449 e. The van der Waals surface area contributed by atoms with E-state index in [0.717, 1.165) is 4.57 Å². The van der Waals surface area contributed by atoms with Crippen molar-refractivity contribution in [1.29, 1.82) is 0 Å². The molecule has 0 atom stereocenters. The molecule has 0 amide bonds. The van der Waals surface area contributed by atoms with E-state index in [1.54, 1.807) is 20.9 Å². The number of hydrogen-bond donors (Lipinski definition) is 1. The van der Waals surface area contributed by atoms with Crippen molar-refractivity contribution in [3.05, 3.63) is 17.7 Å². The average Bonchev–Trinajstić information content (AvgIpc) is 2.48. The number of alkyl halides is 3. The first-order valence-corrected chi connectivity index (χ1v) is 4.65. The van der Waals surface area contributed by atoms with Crippen LogP contribution < -0.4 is 5.32 Å². The topological polar surface area (TPSA) is 29.9 Å². The normalized spacial score (nSPS) is 12.5. The maximum atomic E-state index is 12.6. The second-order valence-electron chi connectivity index (χ2n) is 3.58. The Morgan fingerprint density at radius 3 is 2.40 bits per heavy atom. The molecule has 0 saturated heterocycles. The van der Waals surface area contributed by atoms with Gasteiger partial charge in [0.25, 0.3) is 0 Å². The third kappa shape index (κ3) is 2.71. The largest absolute Gasteiger partial charge is 0.449 e. The van der Waals surface area contributed by atoms with Crippen LogP contribution >= 0.6 is 0 Å². The van der Waals surface area contributed by atoms with Crippen molar-refractivity contribution in [2.45, 2.75) is 32.6 Å². The zero-order valence-corrected chi connectivity index (χ0v) is 8.89. The predicted molar refractivity (Wildman–Crippen MR) is 50.4 cm³/mol. The number of nitrogens with one attached hydrogen (secondary N) is 1. The van der Waals surface area contributed by atoms with Crippen LogP contribution in [0.15, 0.2) is 6.20 Å². The maximum absolute atomic E-state index is 12.6. The zero-order chi connectivity index (χ0) is 11.6. The Bertz CT molecular complexity index is 328. The zero-order valence-electron chi connectivity index (χ0n) is 8.89. The van der Waals surface area contributed by atoms with Crippen molar-refractivity contribution in [2.75, 3.05) is 7.05 Å². The lowest BCUT2D eigenvalue weighted by Gasteiger charge is -2.12. The van der Waals surface area contributed by atoms with E-state index in [0.29, 0.717) is 12.2 Å². The van der Waals surface area contributed by atoms with Crippen LogP contribution in [0.3, 0.4) is 0 Å². The molecule has 0 bridgehead atoms. The number of imidazole rings is 1. The first-order chi connectivity index (χ1) is 6.86. The molecule has 0 aliphatic carbocycles. The van der Waals surface area contributed by atoms with Gasteiger partial charge in [-0.1, -0.05) is 0 Å². The highest BCUT2D eigenvalue weighted by molar-refractivity contribution is 5.08. The van der Waals surface area contributed by atoms with E-state index in [1.165, 1.54) is 6.20 Å². The molecule has 3 nitrogen and oxygen atoms in total. The molecule has 0 unspecified atom stereocenters. The summed E-state index contributed by atoms with van der Waals surface area (Å²) < 4.78 is 38.8. The predicted octanol–water partition coefficient (Wildman–Crippen LogP) is 2.20. The summed E-state index contributed by atoms with van der Waals surface area (Å²) in [6.45, 7) is 3.73. The molecule has 0 spiro atoms. The molecule has 1 heterocycles. The van der Waals surface area contributed by atoms with Crippen molar-refractivity contribution in [1.82, 2.24) is 14.9 Å². The van der Waals surface area contributed by atoms with E-state index in [4.69, 9.17) is 0 Å². The highest BCUT2D eigenvalue weighted by atomic mass is 19.4. The van der Waals surface area contributed by atoms with Crippen molar-refractivity contribution in [2.24, 2.45) is 0 Å². The monoisotopic (exact) mass is 221 g/mol. The van der Waals surface area contributed by atoms with Gasteiger partial charge < -0.3 is 9.88 Å². The van der Waals surface area contributed by atoms with Gasteiger partial charge in [-0.3, -0.25) is 0 Å². The van der Waals surface area contributed by atoms with Gasteiger partial charge in [-0.05, 0) is 20.9 Å². The molecule has 0 saturated carbocycles. The fourth-order valence-corrected chi connectivity index (χ4v) is 1.31. The van der Waals surface area contributed by atoms with Crippen LogP contribution in [-0.4, -0.2) is 16.6 Å². The molecule has 15 heavy (non-hydrogen) atoms. The van der Waals surface area contributed by atoms with Gasteiger partial charge in [-0.15, -0.1) is 0 Å². The van der Waals surface area contributed by atoms with Gasteiger partial charge in [0.2, 0.25) is 5.82 Å². The molecule has 1 rings (SSSR count). The Kier molecular flexibility index (Phi) is 3.38. The molecular formula is C9H14F3N3. The summed E-state index contributed by atoms with van der Waals surface area (Å²) in [6.07, 6.45) is -2.96. The van der Waals surface area contributed by atoms with Crippen LogP contribution in [0.5, 0.6) is 0 Å². The van der Waals surface area contributed by atoms with Crippen LogP contribution in [0.25, 0.3) is 0 Å². The minimum Gasteiger partial charge on any atom is -0.325 e. The molecule has 1 aromatic rings. The lowest BCUT2D eigenvalue weighted by Crippen LogP contribution is -2.16. The second-order valence-corrected chi connectivity index (χ2v) is 3.58. The third-order valence-electron chi connectivity index (χ3n) is 1.95. The minimum atomic E-state index is -4.39. The van der Waals surface area contributed by atoms with Crippen molar-refractivity contribution < 1.29 is 13.2 Å². The fourth-order valence-electron chi connectivity index (χ4n) is 1.31. The third-order valence-corrected chi connectivity index (χ3v) is 1.95. The van der Waals surface area contributed by atoms with Gasteiger partial charge in [0.15, 0.2) is 0 Å². The Morgan fingerprint density at radius 2 is 2.07 bits per heavy atom. The van der Waals surface area contributed by atoms with E-state index in [2.05, 4.69) is 10.3 Å². The number of rotatable bonds is 3. The van der Waals surface area contributed by atoms with Gasteiger partial charge in [0.1, 0.15) is 0 Å². The van der Waals surface area contributed by atoms with Crippen molar-refractivity contribution in [3.63, 3.8) is 0 Å². The van der Waals surface area contributed by atoms with Crippen LogP contribution in [0, 0.1) is 0 Å². The SMILES string of the molecule is CNCc1cn(C(C)C)c(C(F)(F)F)n1. The molecular weight excluding hydrogens is 207 g/mol. The van der Waals surface area contributed by atoms with E-state index < -0.39 is 12.0 Å². The first-order valence-electron chi connectivity index (χ1n) is 4.65. The molecule has 1 aromatic heterocycles. The first kappa shape index (κ1) is 12.0. The summed E-state index contributed by atoms with van der Waals surface area (Å²) in [5.74, 6) is -0.831.